The van der Waals surface area contributed by atoms with Gasteiger partial charge < -0.3 is 9.15 Å². The number of cyclic esters (lactones) is 1. The van der Waals surface area contributed by atoms with E-state index < -0.39 is 5.41 Å². The lowest BCUT2D eigenvalue weighted by molar-refractivity contribution is -0.146. The molecule has 4 heteroatoms. The van der Waals surface area contributed by atoms with Crippen LogP contribution in [0.4, 0.5) is 0 Å². The molecule has 2 atom stereocenters. The van der Waals surface area contributed by atoms with Crippen LogP contribution in [-0.2, 0) is 21.4 Å². The maximum Gasteiger partial charge on any atom is 0.313 e. The number of carbonyl (C=O) groups is 1. The highest BCUT2D eigenvalue weighted by Crippen LogP contribution is 2.52. The van der Waals surface area contributed by atoms with Crippen molar-refractivity contribution >= 4 is 17.1 Å². The summed E-state index contributed by atoms with van der Waals surface area (Å²) in [4.78, 5) is 17.2. The van der Waals surface area contributed by atoms with Crippen molar-refractivity contribution in [2.24, 2.45) is 11.3 Å². The third-order valence-electron chi connectivity index (χ3n) is 6.67. The van der Waals surface area contributed by atoms with E-state index in [-0.39, 0.29) is 17.3 Å². The zero-order valence-electron chi connectivity index (χ0n) is 19.8. The summed E-state index contributed by atoms with van der Waals surface area (Å²) >= 11 is 0. The van der Waals surface area contributed by atoms with Crippen LogP contribution in [0.15, 0.2) is 59.0 Å². The molecule has 4 nitrogen and oxygen atoms in total. The van der Waals surface area contributed by atoms with Crippen LogP contribution in [0.25, 0.3) is 22.6 Å². The van der Waals surface area contributed by atoms with Gasteiger partial charge in [0.2, 0.25) is 5.89 Å². The van der Waals surface area contributed by atoms with Crippen LogP contribution < -0.4 is 0 Å². The fourth-order valence-corrected chi connectivity index (χ4v) is 4.94. The van der Waals surface area contributed by atoms with Crippen molar-refractivity contribution in [3.05, 3.63) is 65.7 Å². The molecule has 3 aromatic rings. The van der Waals surface area contributed by atoms with Crippen LogP contribution in [0.5, 0.6) is 0 Å². The SMILES string of the molecule is C=C1CC2COC(=O)C2(Cc2ccc3nc(-c4ccc(C(C)(C)C)cc4)oc3c2)C1.CC. The zero-order valence-corrected chi connectivity index (χ0v) is 19.8. The zero-order chi connectivity index (χ0) is 23.1. The summed E-state index contributed by atoms with van der Waals surface area (Å²) in [6, 6.07) is 14.4. The van der Waals surface area contributed by atoms with Gasteiger partial charge in [0.05, 0.1) is 12.0 Å². The lowest BCUT2D eigenvalue weighted by atomic mass is 9.75. The molecule has 1 aliphatic heterocycles. The predicted octanol–water partition coefficient (Wildman–Crippen LogP) is 6.87. The second-order valence-electron chi connectivity index (χ2n) is 9.91. The van der Waals surface area contributed by atoms with E-state index in [1.807, 2.05) is 26.0 Å². The largest absolute Gasteiger partial charge is 0.465 e. The Balaban J connectivity index is 0.00000119. The second-order valence-corrected chi connectivity index (χ2v) is 9.91. The lowest BCUT2D eigenvalue weighted by Gasteiger charge is -2.23. The average Bonchev–Trinajstić information content (AvgIpc) is 3.41. The van der Waals surface area contributed by atoms with Crippen molar-refractivity contribution < 1.29 is 13.9 Å². The summed E-state index contributed by atoms with van der Waals surface area (Å²) in [5, 5.41) is 0. The van der Waals surface area contributed by atoms with Crippen molar-refractivity contribution in [1.29, 1.82) is 0 Å². The average molecular weight is 432 g/mol. The van der Waals surface area contributed by atoms with E-state index in [2.05, 4.69) is 62.7 Å². The number of rotatable bonds is 3. The van der Waals surface area contributed by atoms with Crippen LogP contribution in [0.2, 0.25) is 0 Å². The van der Waals surface area contributed by atoms with Crippen LogP contribution in [-0.4, -0.2) is 17.6 Å². The molecule has 1 saturated heterocycles. The highest BCUT2D eigenvalue weighted by atomic mass is 16.5. The second kappa shape index (κ2) is 8.23. The molecular weight excluding hydrogens is 398 g/mol. The normalized spacial score (nSPS) is 22.5. The summed E-state index contributed by atoms with van der Waals surface area (Å²) < 4.78 is 11.5. The maximum absolute atomic E-state index is 12.6. The minimum Gasteiger partial charge on any atom is -0.465 e. The number of aromatic nitrogens is 1. The van der Waals surface area contributed by atoms with Crippen molar-refractivity contribution in [3.8, 4) is 11.5 Å². The molecule has 0 bridgehead atoms. The number of allylic oxidation sites excluding steroid dienone is 1. The van der Waals surface area contributed by atoms with E-state index >= 15 is 0 Å². The number of fused-ring (bicyclic) bond motifs is 2. The number of benzene rings is 2. The number of oxazole rings is 1. The molecule has 2 fully saturated rings. The first-order valence-corrected chi connectivity index (χ1v) is 11.6. The van der Waals surface area contributed by atoms with E-state index in [9.17, 15) is 4.79 Å². The van der Waals surface area contributed by atoms with Crippen LogP contribution >= 0.6 is 0 Å². The molecule has 168 valence electrons. The molecule has 0 amide bonds. The molecule has 2 unspecified atom stereocenters. The fraction of sp³-hybridized carbons (Fsp3) is 0.429. The molecule has 2 aliphatic rings. The van der Waals surface area contributed by atoms with Gasteiger partial charge in [-0.15, -0.1) is 0 Å². The van der Waals surface area contributed by atoms with E-state index in [1.54, 1.807) is 0 Å². The smallest absolute Gasteiger partial charge is 0.313 e. The van der Waals surface area contributed by atoms with Crippen LogP contribution in [0.3, 0.4) is 0 Å². The maximum atomic E-state index is 12.6. The molecule has 2 aromatic carbocycles. The molecule has 2 heterocycles. The van der Waals surface area contributed by atoms with Crippen molar-refractivity contribution in [3.63, 3.8) is 0 Å². The molecule has 32 heavy (non-hydrogen) atoms. The Bertz CT molecular complexity index is 1150. The van der Waals surface area contributed by atoms with Crippen LogP contribution in [0.1, 0.15) is 58.6 Å². The van der Waals surface area contributed by atoms with Gasteiger partial charge in [0, 0.05) is 11.5 Å². The first-order valence-electron chi connectivity index (χ1n) is 11.6. The standard InChI is InChI=1S/C26H27NO3.C2H6/c1-16-11-20-15-29-24(28)26(20,13-16)14-17-5-10-21-22(12-17)30-23(27-21)18-6-8-19(9-7-18)25(2,3)4;1-2/h5-10,12,20H,1,11,13-15H2,2-4H3;1-2H3. The van der Waals surface area contributed by atoms with Crippen molar-refractivity contribution in [1.82, 2.24) is 4.98 Å². The minimum absolute atomic E-state index is 0.0801. The monoisotopic (exact) mass is 431 g/mol. The highest BCUT2D eigenvalue weighted by molar-refractivity contribution is 5.82. The molecule has 0 radical (unpaired) electrons. The van der Waals surface area contributed by atoms with E-state index in [1.165, 1.54) is 5.56 Å². The van der Waals surface area contributed by atoms with E-state index in [0.29, 0.717) is 18.9 Å². The van der Waals surface area contributed by atoms with Gasteiger partial charge in [-0.05, 0) is 60.1 Å². The lowest BCUT2D eigenvalue weighted by Crippen LogP contribution is -2.31. The first-order chi connectivity index (χ1) is 15.2. The first kappa shape index (κ1) is 22.3. The number of hydrogen-bond donors (Lipinski definition) is 0. The van der Waals surface area contributed by atoms with Crippen molar-refractivity contribution in [2.75, 3.05) is 6.61 Å². The Morgan fingerprint density at radius 2 is 1.84 bits per heavy atom. The van der Waals surface area contributed by atoms with Crippen molar-refractivity contribution in [2.45, 2.75) is 59.3 Å². The number of nitrogens with zero attached hydrogens (tertiary/aromatic N) is 1. The van der Waals surface area contributed by atoms with Gasteiger partial charge in [-0.25, -0.2) is 4.98 Å². The van der Waals surface area contributed by atoms with Gasteiger partial charge in [0.15, 0.2) is 5.58 Å². The summed E-state index contributed by atoms with van der Waals surface area (Å²) in [7, 11) is 0. The number of ether oxygens (including phenoxy) is 1. The number of esters is 1. The summed E-state index contributed by atoms with van der Waals surface area (Å²) in [6.45, 7) is 15.2. The van der Waals surface area contributed by atoms with Gasteiger partial charge in [0.25, 0.3) is 0 Å². The van der Waals surface area contributed by atoms with Gasteiger partial charge >= 0.3 is 5.97 Å². The minimum atomic E-state index is -0.462. The molecule has 1 saturated carbocycles. The van der Waals surface area contributed by atoms with E-state index in [0.717, 1.165) is 40.6 Å². The molecular formula is C28H33NO3. The van der Waals surface area contributed by atoms with Gasteiger partial charge in [-0.3, -0.25) is 4.79 Å². The molecule has 1 aromatic heterocycles. The predicted molar refractivity (Wildman–Crippen MR) is 128 cm³/mol. The topological polar surface area (TPSA) is 52.3 Å². The number of hydrogen-bond acceptors (Lipinski definition) is 4. The van der Waals surface area contributed by atoms with Crippen LogP contribution in [0, 0.1) is 11.3 Å². The highest BCUT2D eigenvalue weighted by Gasteiger charge is 2.55. The van der Waals surface area contributed by atoms with Gasteiger partial charge in [-0.1, -0.05) is 65.0 Å². The summed E-state index contributed by atoms with van der Waals surface area (Å²) in [6.07, 6.45) is 2.25. The Kier molecular flexibility index (Phi) is 5.74. The molecule has 0 N–H and O–H groups in total. The van der Waals surface area contributed by atoms with Gasteiger partial charge in [0.1, 0.15) is 5.52 Å². The Morgan fingerprint density at radius 1 is 1.12 bits per heavy atom. The third kappa shape index (κ3) is 3.87. The quantitative estimate of drug-likeness (QED) is 0.335. The Hall–Kier alpha value is -2.88. The third-order valence-corrected chi connectivity index (χ3v) is 6.67. The summed E-state index contributed by atoms with van der Waals surface area (Å²) in [5.74, 6) is 0.774. The summed E-state index contributed by atoms with van der Waals surface area (Å²) in [5.41, 5.74) is 5.69. The van der Waals surface area contributed by atoms with Gasteiger partial charge in [-0.2, -0.15) is 0 Å². The molecule has 5 rings (SSSR count). The molecule has 0 spiro atoms. The number of carbonyl (C=O) groups excluding carboxylic acids is 1. The Labute approximate surface area is 190 Å². The van der Waals surface area contributed by atoms with E-state index in [4.69, 9.17) is 9.15 Å². The Morgan fingerprint density at radius 3 is 2.53 bits per heavy atom. The fourth-order valence-electron chi connectivity index (χ4n) is 4.94. The molecule has 1 aliphatic carbocycles.